The normalized spacial score (nSPS) is 10.9. The number of para-hydroxylation sites is 1. The largest absolute Gasteiger partial charge is 0.490 e. The monoisotopic (exact) mass is 440 g/mol. The molecule has 0 saturated carbocycles. The van der Waals surface area contributed by atoms with Crippen molar-refractivity contribution in [2.45, 2.75) is 4.90 Å². The van der Waals surface area contributed by atoms with Gasteiger partial charge in [0.05, 0.1) is 16.1 Å². The van der Waals surface area contributed by atoms with Gasteiger partial charge in [-0.25, -0.2) is 18.4 Å². The molecule has 9 heteroatoms. The molecule has 3 aromatic carbocycles. The van der Waals surface area contributed by atoms with E-state index in [2.05, 4.69) is 5.32 Å². The molecule has 0 bridgehead atoms. The molecule has 0 fully saturated rings. The lowest BCUT2D eigenvalue weighted by Gasteiger charge is -2.11. The van der Waals surface area contributed by atoms with Gasteiger partial charge in [-0.3, -0.25) is 4.79 Å². The van der Waals surface area contributed by atoms with E-state index in [0.29, 0.717) is 17.0 Å². The second-order valence-corrected chi connectivity index (χ2v) is 7.93. The molecule has 3 rings (SSSR count). The molecule has 0 aliphatic heterocycles. The Kier molecular flexibility index (Phi) is 7.01. The first-order chi connectivity index (χ1) is 14.8. The Hall–Kier alpha value is -3.69. The van der Waals surface area contributed by atoms with E-state index in [4.69, 9.17) is 14.6 Å². The molecule has 160 valence electrons. The van der Waals surface area contributed by atoms with Crippen LogP contribution in [0.1, 0.15) is 20.7 Å². The van der Waals surface area contributed by atoms with Gasteiger partial charge in [-0.15, -0.1) is 0 Å². The average Bonchev–Trinajstić information content (AvgIpc) is 2.77. The van der Waals surface area contributed by atoms with Gasteiger partial charge in [0, 0.05) is 5.56 Å². The Morgan fingerprint density at radius 3 is 2.16 bits per heavy atom. The Morgan fingerprint density at radius 2 is 1.48 bits per heavy atom. The van der Waals surface area contributed by atoms with Crippen LogP contribution in [0.3, 0.4) is 0 Å². The first kappa shape index (κ1) is 22.0. The third-order valence-electron chi connectivity index (χ3n) is 4.17. The second kappa shape index (κ2) is 9.88. The second-order valence-electron chi connectivity index (χ2n) is 6.37. The topological polar surface area (TPSA) is 125 Å². The molecular formula is C22H20N2O6S. The van der Waals surface area contributed by atoms with E-state index in [0.717, 1.165) is 0 Å². The quantitative estimate of drug-likeness (QED) is 0.410. The molecule has 0 spiro atoms. The molecule has 0 aromatic heterocycles. The number of hydrogen-bond donors (Lipinski definition) is 2. The predicted molar refractivity (Wildman–Crippen MR) is 114 cm³/mol. The maximum Gasteiger partial charge on any atom is 0.340 e. The third kappa shape index (κ3) is 6.14. The fourth-order valence-corrected chi connectivity index (χ4v) is 3.17. The minimum absolute atomic E-state index is 0.0274. The smallest absolute Gasteiger partial charge is 0.340 e. The van der Waals surface area contributed by atoms with Crippen LogP contribution in [-0.4, -0.2) is 33.5 Å². The van der Waals surface area contributed by atoms with Crippen molar-refractivity contribution >= 4 is 27.6 Å². The third-order valence-corrected chi connectivity index (χ3v) is 5.10. The van der Waals surface area contributed by atoms with Gasteiger partial charge in [0.15, 0.2) is 0 Å². The van der Waals surface area contributed by atoms with E-state index in [1.54, 1.807) is 54.6 Å². The number of nitrogens with one attached hydrogen (secondary N) is 1. The Labute approximate surface area is 179 Å². The summed E-state index contributed by atoms with van der Waals surface area (Å²) in [7, 11) is -3.77. The van der Waals surface area contributed by atoms with E-state index in [9.17, 15) is 18.0 Å². The van der Waals surface area contributed by atoms with Crippen molar-refractivity contribution in [2.24, 2.45) is 5.14 Å². The highest BCUT2D eigenvalue weighted by Crippen LogP contribution is 2.18. The van der Waals surface area contributed by atoms with E-state index in [-0.39, 0.29) is 29.6 Å². The van der Waals surface area contributed by atoms with Gasteiger partial charge in [-0.1, -0.05) is 30.3 Å². The molecule has 0 radical (unpaired) electrons. The maximum atomic E-state index is 12.4. The van der Waals surface area contributed by atoms with E-state index in [1.165, 1.54) is 24.3 Å². The van der Waals surface area contributed by atoms with Crippen molar-refractivity contribution in [2.75, 3.05) is 18.5 Å². The van der Waals surface area contributed by atoms with Gasteiger partial charge in [-0.05, 0) is 48.5 Å². The molecule has 0 saturated heterocycles. The summed E-state index contributed by atoms with van der Waals surface area (Å²) < 4.78 is 33.1. The number of amides is 1. The zero-order valence-corrected chi connectivity index (χ0v) is 17.2. The molecule has 0 heterocycles. The van der Waals surface area contributed by atoms with Gasteiger partial charge in [-0.2, -0.15) is 0 Å². The number of benzene rings is 3. The van der Waals surface area contributed by atoms with Crippen molar-refractivity contribution in [3.8, 4) is 5.75 Å². The molecule has 31 heavy (non-hydrogen) atoms. The highest BCUT2D eigenvalue weighted by atomic mass is 32.2. The molecule has 0 aliphatic rings. The van der Waals surface area contributed by atoms with Crippen LogP contribution in [0.5, 0.6) is 5.75 Å². The summed E-state index contributed by atoms with van der Waals surface area (Å²) in [6, 6.07) is 20.7. The van der Waals surface area contributed by atoms with Gasteiger partial charge in [0.2, 0.25) is 10.0 Å². The van der Waals surface area contributed by atoms with Crippen LogP contribution in [0, 0.1) is 0 Å². The number of hydrogen-bond acceptors (Lipinski definition) is 6. The summed E-state index contributed by atoms with van der Waals surface area (Å²) >= 11 is 0. The lowest BCUT2D eigenvalue weighted by Crippen LogP contribution is -2.17. The number of ether oxygens (including phenoxy) is 2. The zero-order valence-electron chi connectivity index (χ0n) is 16.4. The van der Waals surface area contributed by atoms with Crippen molar-refractivity contribution in [1.82, 2.24) is 0 Å². The van der Waals surface area contributed by atoms with Crippen molar-refractivity contribution in [1.29, 1.82) is 0 Å². The maximum absolute atomic E-state index is 12.4. The van der Waals surface area contributed by atoms with E-state index in [1.807, 2.05) is 0 Å². The van der Waals surface area contributed by atoms with Crippen molar-refractivity contribution < 1.29 is 27.5 Å². The van der Waals surface area contributed by atoms with Crippen LogP contribution >= 0.6 is 0 Å². The lowest BCUT2D eigenvalue weighted by molar-refractivity contribution is 0.0451. The van der Waals surface area contributed by atoms with Gasteiger partial charge >= 0.3 is 5.97 Å². The SMILES string of the molecule is NS(=O)(=O)c1ccc(OCCOC(=O)c2ccccc2NC(=O)c2ccccc2)cc1. The van der Waals surface area contributed by atoms with Crippen LogP contribution in [0.15, 0.2) is 83.8 Å². The molecule has 1 amide bonds. The van der Waals surface area contributed by atoms with Crippen molar-refractivity contribution in [3.05, 3.63) is 90.0 Å². The fraction of sp³-hybridized carbons (Fsp3) is 0.0909. The molecular weight excluding hydrogens is 420 g/mol. The molecule has 3 N–H and O–H groups in total. The summed E-state index contributed by atoms with van der Waals surface area (Å²) in [5.74, 6) is -0.553. The van der Waals surface area contributed by atoms with Crippen LogP contribution in [0.25, 0.3) is 0 Å². The zero-order chi connectivity index (χ0) is 22.3. The summed E-state index contributed by atoms with van der Waals surface area (Å²) in [5, 5.41) is 7.75. The number of carbonyl (C=O) groups is 2. The number of primary sulfonamides is 1. The molecule has 8 nitrogen and oxygen atoms in total. The Balaban J connectivity index is 1.54. The number of nitrogens with two attached hydrogens (primary N) is 1. The Bertz CT molecular complexity index is 1160. The molecule has 0 atom stereocenters. The lowest BCUT2D eigenvalue weighted by atomic mass is 10.1. The van der Waals surface area contributed by atoms with Crippen LogP contribution < -0.4 is 15.2 Å². The predicted octanol–water partition coefficient (Wildman–Crippen LogP) is 2.82. The highest BCUT2D eigenvalue weighted by molar-refractivity contribution is 7.89. The van der Waals surface area contributed by atoms with Gasteiger partial charge < -0.3 is 14.8 Å². The molecule has 3 aromatic rings. The van der Waals surface area contributed by atoms with Crippen LogP contribution in [0.4, 0.5) is 5.69 Å². The van der Waals surface area contributed by atoms with Crippen LogP contribution in [0.2, 0.25) is 0 Å². The number of esters is 1. The molecule has 0 unspecified atom stereocenters. The van der Waals surface area contributed by atoms with E-state index >= 15 is 0 Å². The molecule has 0 aliphatic carbocycles. The minimum Gasteiger partial charge on any atom is -0.490 e. The van der Waals surface area contributed by atoms with Gasteiger partial charge in [0.25, 0.3) is 5.91 Å². The summed E-state index contributed by atoms with van der Waals surface area (Å²) in [6.07, 6.45) is 0. The van der Waals surface area contributed by atoms with Crippen LogP contribution in [-0.2, 0) is 14.8 Å². The number of anilines is 1. The average molecular weight is 440 g/mol. The number of carbonyl (C=O) groups excluding carboxylic acids is 2. The number of sulfonamides is 1. The summed E-state index contributed by atoms with van der Waals surface area (Å²) in [4.78, 5) is 24.8. The Morgan fingerprint density at radius 1 is 0.839 bits per heavy atom. The number of rotatable bonds is 8. The van der Waals surface area contributed by atoms with Gasteiger partial charge in [0.1, 0.15) is 19.0 Å². The highest BCUT2D eigenvalue weighted by Gasteiger charge is 2.15. The van der Waals surface area contributed by atoms with Crippen molar-refractivity contribution in [3.63, 3.8) is 0 Å². The summed E-state index contributed by atoms with van der Waals surface area (Å²) in [5.41, 5.74) is 1.01. The fourth-order valence-electron chi connectivity index (χ4n) is 2.65. The van der Waals surface area contributed by atoms with E-state index < -0.39 is 16.0 Å². The first-order valence-corrected chi connectivity index (χ1v) is 10.8. The first-order valence-electron chi connectivity index (χ1n) is 9.23. The summed E-state index contributed by atoms with van der Waals surface area (Å²) in [6.45, 7) is 0.00966. The minimum atomic E-state index is -3.77. The standard InChI is InChI=1S/C22H20N2O6S/c23-31(27,28)18-12-10-17(11-13-18)29-14-15-30-22(26)19-8-4-5-9-20(19)24-21(25)16-6-2-1-3-7-16/h1-13H,14-15H2,(H,24,25)(H2,23,27,28).